The Kier molecular flexibility index (Phi) is 7.75. The van der Waals surface area contributed by atoms with Gasteiger partial charge < -0.3 is 14.8 Å². The van der Waals surface area contributed by atoms with Crippen molar-refractivity contribution in [3.63, 3.8) is 0 Å². The summed E-state index contributed by atoms with van der Waals surface area (Å²) in [5, 5.41) is 9.49. The number of nitrogens with zero attached hydrogens (tertiary/aromatic N) is 2. The number of primary sulfonamides is 1. The Bertz CT molecular complexity index is 1420. The third kappa shape index (κ3) is 5.46. The van der Waals surface area contributed by atoms with Crippen LogP contribution in [0.1, 0.15) is 25.1 Å². The Hall–Kier alpha value is -3.21. The number of nitrogens with one attached hydrogen (secondary N) is 1. The summed E-state index contributed by atoms with van der Waals surface area (Å²) in [5.41, 5.74) is 1.57. The molecular weight excluding hydrogens is 472 g/mol. The van der Waals surface area contributed by atoms with E-state index in [2.05, 4.69) is 15.3 Å². The molecule has 10 heteroatoms. The van der Waals surface area contributed by atoms with Crippen molar-refractivity contribution >= 4 is 38.1 Å². The molecule has 3 N–H and O–H groups in total. The van der Waals surface area contributed by atoms with Crippen molar-refractivity contribution in [3.05, 3.63) is 59.2 Å². The van der Waals surface area contributed by atoms with Gasteiger partial charge in [-0.25, -0.2) is 23.5 Å². The van der Waals surface area contributed by atoms with Crippen LogP contribution in [0.3, 0.4) is 0 Å². The van der Waals surface area contributed by atoms with Gasteiger partial charge in [0, 0.05) is 21.2 Å². The van der Waals surface area contributed by atoms with Crippen molar-refractivity contribution in [3.8, 4) is 21.9 Å². The highest BCUT2D eigenvalue weighted by Crippen LogP contribution is 2.35. The van der Waals surface area contributed by atoms with Crippen LogP contribution in [-0.2, 0) is 16.6 Å². The molecule has 0 fully saturated rings. The number of hydrogen-bond acceptors (Lipinski definition) is 8. The van der Waals surface area contributed by atoms with Gasteiger partial charge in [-0.3, -0.25) is 0 Å². The Morgan fingerprint density at radius 3 is 2.59 bits per heavy atom. The second-order valence-corrected chi connectivity index (χ2v) is 9.99. The topological polar surface area (TPSA) is 116 Å². The van der Waals surface area contributed by atoms with Crippen LogP contribution in [0.25, 0.3) is 21.3 Å². The van der Waals surface area contributed by atoms with Crippen LogP contribution >= 0.6 is 11.3 Å². The summed E-state index contributed by atoms with van der Waals surface area (Å²) in [6, 6.07) is 14.3. The lowest BCUT2D eigenvalue weighted by Crippen LogP contribution is -2.11. The molecule has 0 aliphatic heterocycles. The fraction of sp³-hybridized carbons (Fsp3) is 0.250. The summed E-state index contributed by atoms with van der Waals surface area (Å²) in [6.45, 7) is 4.83. The van der Waals surface area contributed by atoms with Gasteiger partial charge in [0.15, 0.2) is 11.5 Å². The number of anilines is 1. The summed E-state index contributed by atoms with van der Waals surface area (Å²) in [4.78, 5) is 11.2. The van der Waals surface area contributed by atoms with E-state index in [0.717, 1.165) is 26.2 Å². The Labute approximate surface area is 203 Å². The zero-order chi connectivity index (χ0) is 23.6. The zero-order valence-electron chi connectivity index (χ0n) is 18.5. The lowest BCUT2D eigenvalue weighted by molar-refractivity contribution is 0.311. The van der Waals surface area contributed by atoms with Crippen LogP contribution in [0.5, 0.6) is 11.5 Å². The van der Waals surface area contributed by atoms with Gasteiger partial charge in [-0.15, -0.1) is 11.3 Å². The molecule has 4 aromatic rings. The minimum atomic E-state index is -3.75. The Balaban J connectivity index is 0.00000324. The number of thiophene rings is 1. The molecule has 0 saturated carbocycles. The van der Waals surface area contributed by atoms with E-state index in [9.17, 15) is 8.42 Å². The van der Waals surface area contributed by atoms with Gasteiger partial charge in [0.2, 0.25) is 10.0 Å². The van der Waals surface area contributed by atoms with Crippen LogP contribution in [0.15, 0.2) is 53.4 Å². The number of aryl methyl sites for hydroxylation is 1. The number of ether oxygens (including phenoxy) is 2. The van der Waals surface area contributed by atoms with Crippen molar-refractivity contribution in [1.82, 2.24) is 9.97 Å². The average Bonchev–Trinajstić information content (AvgIpc) is 3.26. The highest BCUT2D eigenvalue weighted by atomic mass is 32.2. The minimum absolute atomic E-state index is 0. The van der Waals surface area contributed by atoms with Crippen molar-refractivity contribution in [1.29, 1.82) is 0 Å². The maximum Gasteiger partial charge on any atom is 0.238 e. The molecule has 0 aliphatic carbocycles. The van der Waals surface area contributed by atoms with Gasteiger partial charge in [0.1, 0.15) is 11.6 Å². The highest BCUT2D eigenvalue weighted by Gasteiger charge is 2.14. The number of aromatic nitrogens is 2. The zero-order valence-corrected chi connectivity index (χ0v) is 20.1. The molecule has 0 amide bonds. The molecule has 0 radical (unpaired) electrons. The lowest BCUT2D eigenvalue weighted by Gasteiger charge is -2.13. The largest absolute Gasteiger partial charge is 0.493 e. The van der Waals surface area contributed by atoms with Crippen LogP contribution in [0, 0.1) is 6.92 Å². The van der Waals surface area contributed by atoms with E-state index in [0.29, 0.717) is 36.3 Å². The van der Waals surface area contributed by atoms with Crippen LogP contribution in [0.4, 0.5) is 5.82 Å². The van der Waals surface area contributed by atoms with Gasteiger partial charge in [0.05, 0.1) is 30.7 Å². The highest BCUT2D eigenvalue weighted by molar-refractivity contribution is 7.89. The average molecular weight is 501 g/mol. The molecule has 180 valence electrons. The minimum Gasteiger partial charge on any atom is -0.493 e. The summed E-state index contributed by atoms with van der Waals surface area (Å²) < 4.78 is 34.5. The third-order valence-electron chi connectivity index (χ3n) is 4.93. The van der Waals surface area contributed by atoms with Crippen LogP contribution in [0.2, 0.25) is 0 Å². The third-order valence-corrected chi connectivity index (χ3v) is 6.98. The molecule has 34 heavy (non-hydrogen) atoms. The second kappa shape index (κ2) is 10.4. The van der Waals surface area contributed by atoms with Gasteiger partial charge in [-0.05, 0) is 49.7 Å². The van der Waals surface area contributed by atoms with E-state index in [-0.39, 0.29) is 12.3 Å². The summed E-state index contributed by atoms with van der Waals surface area (Å²) in [5.74, 6) is 2.60. The number of rotatable bonds is 8. The quantitative estimate of drug-likeness (QED) is 0.351. The van der Waals surface area contributed by atoms with Gasteiger partial charge in [0.25, 0.3) is 0 Å². The fourth-order valence-corrected chi connectivity index (χ4v) is 4.94. The molecule has 2 aromatic carbocycles. The van der Waals surface area contributed by atoms with E-state index in [4.69, 9.17) is 14.6 Å². The Morgan fingerprint density at radius 2 is 1.88 bits per heavy atom. The predicted octanol–water partition coefficient (Wildman–Crippen LogP) is 4.97. The molecule has 0 spiro atoms. The normalized spacial score (nSPS) is 11.2. The van der Waals surface area contributed by atoms with E-state index in [1.54, 1.807) is 30.6 Å². The molecule has 2 aromatic heterocycles. The first-order valence-electron chi connectivity index (χ1n) is 10.2. The Morgan fingerprint density at radius 1 is 1.09 bits per heavy atom. The molecule has 0 unspecified atom stereocenters. The van der Waals surface area contributed by atoms with E-state index < -0.39 is 10.0 Å². The van der Waals surface area contributed by atoms with E-state index in [1.807, 2.05) is 44.2 Å². The molecule has 2 heterocycles. The number of sulfonamides is 1. The summed E-state index contributed by atoms with van der Waals surface area (Å²) >= 11 is 1.56. The molecule has 4 rings (SSSR count). The van der Waals surface area contributed by atoms with Gasteiger partial charge in [-0.2, -0.15) is 0 Å². The molecule has 0 bridgehead atoms. The van der Waals surface area contributed by atoms with Crippen LogP contribution in [-0.4, -0.2) is 32.1 Å². The summed E-state index contributed by atoms with van der Waals surface area (Å²) in [6.07, 6.45) is 0. The lowest BCUT2D eigenvalue weighted by atomic mass is 10.2. The predicted molar refractivity (Wildman–Crippen MR) is 137 cm³/mol. The molecular formula is C24H28N4O4S2. The smallest absolute Gasteiger partial charge is 0.238 e. The molecule has 0 atom stereocenters. The van der Waals surface area contributed by atoms with Crippen molar-refractivity contribution in [2.24, 2.45) is 5.14 Å². The maximum atomic E-state index is 11.7. The van der Waals surface area contributed by atoms with Crippen molar-refractivity contribution < 1.29 is 17.9 Å². The van der Waals surface area contributed by atoms with E-state index >= 15 is 0 Å². The standard InChI is InChI=1S/C23H24N4O4S2.CH4/c1-4-31-21-12-19-18(11-20(21)30-3)23(27-14(2)26-19)25-13-16-8-9-22(32-16)15-6-5-7-17(10-15)33(24,28)29;/h5-12H,4,13H2,1-3H3,(H2,24,28,29)(H,25,26,27);1H4. The first-order valence-corrected chi connectivity index (χ1v) is 12.6. The van der Waals surface area contributed by atoms with Crippen molar-refractivity contribution in [2.45, 2.75) is 32.7 Å². The number of benzene rings is 2. The first kappa shape index (κ1) is 25.4. The maximum absolute atomic E-state index is 11.7. The number of methoxy groups -OCH3 is 1. The monoisotopic (exact) mass is 500 g/mol. The SMILES string of the molecule is C.CCOc1cc2nc(C)nc(NCc3ccc(-c4cccc(S(N)(=O)=O)c4)s3)c2cc1OC. The fourth-order valence-electron chi connectivity index (χ4n) is 3.44. The van der Waals surface area contributed by atoms with E-state index in [1.165, 1.54) is 6.07 Å². The summed E-state index contributed by atoms with van der Waals surface area (Å²) in [7, 11) is -2.15. The second-order valence-electron chi connectivity index (χ2n) is 7.27. The molecule has 0 aliphatic rings. The molecule has 0 saturated heterocycles. The van der Waals surface area contributed by atoms with Gasteiger partial charge in [-0.1, -0.05) is 19.6 Å². The number of hydrogen-bond donors (Lipinski definition) is 2. The molecule has 8 nitrogen and oxygen atoms in total. The number of fused-ring (bicyclic) bond motifs is 1. The number of nitrogens with two attached hydrogens (primary N) is 1. The van der Waals surface area contributed by atoms with Gasteiger partial charge >= 0.3 is 0 Å². The van der Waals surface area contributed by atoms with Crippen molar-refractivity contribution in [2.75, 3.05) is 19.0 Å². The van der Waals surface area contributed by atoms with Crippen LogP contribution < -0.4 is 19.9 Å². The first-order chi connectivity index (χ1) is 15.8.